The van der Waals surface area contributed by atoms with Crippen molar-refractivity contribution >= 4 is 39.1 Å². The van der Waals surface area contributed by atoms with Crippen LogP contribution in [-0.4, -0.2) is 52.9 Å². The number of aromatic nitrogens is 1. The molecular weight excluding hydrogens is 418 g/mol. The lowest BCUT2D eigenvalue weighted by molar-refractivity contribution is -0.134. The lowest BCUT2D eigenvalue weighted by Gasteiger charge is -2.36. The average Bonchev–Trinajstić information content (AvgIpc) is 3.54. The van der Waals surface area contributed by atoms with Crippen LogP contribution in [0.2, 0.25) is 5.02 Å². The number of rotatable bonds is 5. The summed E-state index contributed by atoms with van der Waals surface area (Å²) in [7, 11) is 0. The van der Waals surface area contributed by atoms with Crippen LogP contribution in [0.4, 0.5) is 0 Å². The minimum absolute atomic E-state index is 0.156. The molecule has 0 N–H and O–H groups in total. The third-order valence-corrected chi connectivity index (χ3v) is 7.11. The van der Waals surface area contributed by atoms with Gasteiger partial charge in [-0.1, -0.05) is 35.1 Å². The van der Waals surface area contributed by atoms with E-state index in [-0.39, 0.29) is 11.8 Å². The summed E-state index contributed by atoms with van der Waals surface area (Å²) in [6.07, 6.45) is 2.65. The maximum absolute atomic E-state index is 13.0. The molecule has 1 amide bonds. The third-order valence-electron chi connectivity index (χ3n) is 5.98. The van der Waals surface area contributed by atoms with Gasteiger partial charge in [0.1, 0.15) is 5.75 Å². The van der Waals surface area contributed by atoms with Crippen LogP contribution in [0, 0.1) is 0 Å². The fourth-order valence-electron chi connectivity index (χ4n) is 4.01. The molecule has 2 aliphatic rings. The van der Waals surface area contributed by atoms with E-state index in [0.29, 0.717) is 16.0 Å². The molecule has 1 aliphatic heterocycles. The molecule has 0 radical (unpaired) electrons. The van der Waals surface area contributed by atoms with Crippen molar-refractivity contribution in [2.24, 2.45) is 0 Å². The van der Waals surface area contributed by atoms with Gasteiger partial charge in [0, 0.05) is 37.2 Å². The number of nitrogens with zero attached hydrogens (tertiary/aromatic N) is 3. The zero-order chi connectivity index (χ0) is 20.7. The van der Waals surface area contributed by atoms with E-state index in [0.717, 1.165) is 48.0 Å². The smallest absolute Gasteiger partial charge is 0.279 e. The van der Waals surface area contributed by atoms with Gasteiger partial charge in [-0.05, 0) is 55.7 Å². The molecule has 0 spiro atoms. The van der Waals surface area contributed by atoms with Crippen LogP contribution in [-0.2, 0) is 4.79 Å². The maximum Gasteiger partial charge on any atom is 0.279 e. The Kier molecular flexibility index (Phi) is 5.39. The number of carbonyl (C=O) groups is 1. The van der Waals surface area contributed by atoms with Crippen molar-refractivity contribution in [2.45, 2.75) is 31.7 Å². The molecule has 5 nitrogen and oxygen atoms in total. The summed E-state index contributed by atoms with van der Waals surface area (Å²) >= 11 is 7.51. The second-order valence-corrected chi connectivity index (χ2v) is 9.51. The fraction of sp³-hybridized carbons (Fsp3) is 0.391. The molecule has 1 aromatic heterocycles. The van der Waals surface area contributed by atoms with Gasteiger partial charge in [-0.25, -0.2) is 4.98 Å². The first kappa shape index (κ1) is 19.8. The number of carbonyl (C=O) groups excluding carboxylic acids is 1. The zero-order valence-electron chi connectivity index (χ0n) is 16.9. The summed E-state index contributed by atoms with van der Waals surface area (Å²) in [5.74, 6) is 0.764. The molecule has 156 valence electrons. The minimum Gasteiger partial charge on any atom is -0.431 e. The Morgan fingerprint density at radius 2 is 1.87 bits per heavy atom. The second-order valence-electron chi connectivity index (χ2n) is 8.08. The number of fused-ring (bicyclic) bond motifs is 1. The molecular formula is C23H24ClN3O2S. The predicted molar refractivity (Wildman–Crippen MR) is 121 cm³/mol. The SMILES string of the molecule is CC(C(=O)N1CCN(C2CC2)CC1)c1ccc(Oc2nc3ccc(Cl)cc3s2)cc1. The number of hydrogen-bond acceptors (Lipinski definition) is 5. The average molecular weight is 442 g/mol. The Morgan fingerprint density at radius 1 is 1.13 bits per heavy atom. The Morgan fingerprint density at radius 3 is 2.57 bits per heavy atom. The topological polar surface area (TPSA) is 45.7 Å². The van der Waals surface area contributed by atoms with Crippen molar-refractivity contribution in [1.82, 2.24) is 14.8 Å². The molecule has 3 aromatic rings. The molecule has 1 saturated heterocycles. The van der Waals surface area contributed by atoms with E-state index in [9.17, 15) is 4.79 Å². The molecule has 5 rings (SSSR count). The lowest BCUT2D eigenvalue weighted by Crippen LogP contribution is -2.50. The van der Waals surface area contributed by atoms with E-state index in [1.54, 1.807) is 0 Å². The number of hydrogen-bond donors (Lipinski definition) is 0. The van der Waals surface area contributed by atoms with E-state index in [4.69, 9.17) is 16.3 Å². The van der Waals surface area contributed by atoms with E-state index >= 15 is 0 Å². The summed E-state index contributed by atoms with van der Waals surface area (Å²) in [6, 6.07) is 14.1. The standard InChI is InChI=1S/C23H24ClN3O2S/c1-15(22(28)27-12-10-26(11-13-27)18-5-6-18)16-2-7-19(8-3-16)29-23-25-20-9-4-17(24)14-21(20)30-23/h2-4,7-9,14-15,18H,5-6,10-13H2,1H3. The molecule has 7 heteroatoms. The Balaban J connectivity index is 1.22. The molecule has 2 fully saturated rings. The van der Waals surface area contributed by atoms with Gasteiger partial charge in [0.15, 0.2) is 0 Å². The minimum atomic E-state index is -0.156. The maximum atomic E-state index is 13.0. The van der Waals surface area contributed by atoms with E-state index in [2.05, 4.69) is 9.88 Å². The Bertz CT molecular complexity index is 1060. The van der Waals surface area contributed by atoms with Crippen molar-refractivity contribution in [3.05, 3.63) is 53.1 Å². The normalized spacial score (nSPS) is 18.5. The van der Waals surface area contributed by atoms with Gasteiger partial charge in [-0.2, -0.15) is 0 Å². The third kappa shape index (κ3) is 4.17. The molecule has 1 unspecified atom stereocenters. The van der Waals surface area contributed by atoms with Gasteiger partial charge in [0.2, 0.25) is 5.91 Å². The predicted octanol–water partition coefficient (Wildman–Crippen LogP) is 5.15. The van der Waals surface area contributed by atoms with Gasteiger partial charge in [0.25, 0.3) is 5.19 Å². The number of benzene rings is 2. The quantitative estimate of drug-likeness (QED) is 0.549. The summed E-state index contributed by atoms with van der Waals surface area (Å²) in [5, 5.41) is 1.27. The molecule has 30 heavy (non-hydrogen) atoms. The highest BCUT2D eigenvalue weighted by molar-refractivity contribution is 7.20. The monoisotopic (exact) mass is 441 g/mol. The first-order valence-electron chi connectivity index (χ1n) is 10.4. The van der Waals surface area contributed by atoms with Gasteiger partial charge in [-0.3, -0.25) is 9.69 Å². The number of thiazole rings is 1. The zero-order valence-corrected chi connectivity index (χ0v) is 18.5. The van der Waals surface area contributed by atoms with Crippen LogP contribution in [0.25, 0.3) is 10.2 Å². The van der Waals surface area contributed by atoms with E-state index in [1.165, 1.54) is 24.2 Å². The highest BCUT2D eigenvalue weighted by atomic mass is 35.5. The van der Waals surface area contributed by atoms with Crippen molar-refractivity contribution in [3.63, 3.8) is 0 Å². The van der Waals surface area contributed by atoms with E-state index < -0.39 is 0 Å². The fourth-order valence-corrected chi connectivity index (χ4v) is 5.12. The lowest BCUT2D eigenvalue weighted by atomic mass is 9.99. The first-order valence-corrected chi connectivity index (χ1v) is 11.6. The number of piperazine rings is 1. The molecule has 1 aliphatic carbocycles. The Labute approximate surface area is 185 Å². The number of ether oxygens (including phenoxy) is 1. The molecule has 1 atom stereocenters. The summed E-state index contributed by atoms with van der Waals surface area (Å²) < 4.78 is 6.91. The highest BCUT2D eigenvalue weighted by Gasteiger charge is 2.33. The number of halogens is 1. The van der Waals surface area contributed by atoms with Crippen LogP contribution in [0.3, 0.4) is 0 Å². The van der Waals surface area contributed by atoms with Crippen molar-refractivity contribution in [2.75, 3.05) is 26.2 Å². The summed E-state index contributed by atoms with van der Waals surface area (Å²) in [6.45, 7) is 5.67. The molecule has 1 saturated carbocycles. The van der Waals surface area contributed by atoms with Crippen molar-refractivity contribution in [3.8, 4) is 10.9 Å². The van der Waals surface area contributed by atoms with Crippen LogP contribution in [0.5, 0.6) is 10.9 Å². The molecule has 2 heterocycles. The van der Waals surface area contributed by atoms with Crippen LogP contribution < -0.4 is 4.74 Å². The summed E-state index contributed by atoms with van der Waals surface area (Å²) in [4.78, 5) is 22.0. The van der Waals surface area contributed by atoms with Crippen molar-refractivity contribution in [1.29, 1.82) is 0 Å². The van der Waals surface area contributed by atoms with Crippen molar-refractivity contribution < 1.29 is 9.53 Å². The van der Waals surface area contributed by atoms with Gasteiger partial charge >= 0.3 is 0 Å². The van der Waals surface area contributed by atoms with Crippen LogP contribution in [0.15, 0.2) is 42.5 Å². The number of amides is 1. The first-order chi connectivity index (χ1) is 14.6. The highest BCUT2D eigenvalue weighted by Crippen LogP contribution is 2.33. The Hall–Kier alpha value is -2.15. The second kappa shape index (κ2) is 8.17. The van der Waals surface area contributed by atoms with Crippen LogP contribution >= 0.6 is 22.9 Å². The summed E-state index contributed by atoms with van der Waals surface area (Å²) in [5.41, 5.74) is 1.88. The van der Waals surface area contributed by atoms with E-state index in [1.807, 2.05) is 54.3 Å². The van der Waals surface area contributed by atoms with Crippen LogP contribution in [0.1, 0.15) is 31.2 Å². The largest absolute Gasteiger partial charge is 0.431 e. The molecule has 0 bridgehead atoms. The molecule has 2 aromatic carbocycles. The van der Waals surface area contributed by atoms with Gasteiger partial charge in [-0.15, -0.1) is 0 Å². The van der Waals surface area contributed by atoms with Gasteiger partial charge < -0.3 is 9.64 Å². The van der Waals surface area contributed by atoms with Gasteiger partial charge in [0.05, 0.1) is 16.1 Å².